The minimum atomic E-state index is -4.25. The second-order valence-corrected chi connectivity index (χ2v) is 9.46. The molecule has 32 heavy (non-hydrogen) atoms. The van der Waals surface area contributed by atoms with Gasteiger partial charge in [0.15, 0.2) is 5.75 Å². The number of rotatable bonds is 6. The SMILES string of the molecule is Cc1ccc(Oc2c(N3CCC(c4ccccc4)C3)cc(C(=O)O)cc2S(N)(=O)=O)cc1. The van der Waals surface area contributed by atoms with Gasteiger partial charge in [0.1, 0.15) is 10.6 Å². The maximum atomic E-state index is 12.4. The monoisotopic (exact) mass is 452 g/mol. The zero-order chi connectivity index (χ0) is 22.9. The van der Waals surface area contributed by atoms with Gasteiger partial charge >= 0.3 is 5.97 Å². The molecule has 3 aromatic carbocycles. The average molecular weight is 453 g/mol. The molecule has 8 heteroatoms. The first-order chi connectivity index (χ1) is 15.2. The van der Waals surface area contributed by atoms with Gasteiger partial charge in [0.25, 0.3) is 0 Å². The van der Waals surface area contributed by atoms with E-state index in [0.717, 1.165) is 18.1 Å². The predicted molar refractivity (Wildman–Crippen MR) is 122 cm³/mol. The Morgan fingerprint density at radius 3 is 2.41 bits per heavy atom. The van der Waals surface area contributed by atoms with Crippen molar-refractivity contribution in [2.45, 2.75) is 24.2 Å². The third-order valence-electron chi connectivity index (χ3n) is 5.63. The number of nitrogens with zero attached hydrogens (tertiary/aromatic N) is 1. The van der Waals surface area contributed by atoms with Gasteiger partial charge in [-0.25, -0.2) is 18.4 Å². The Kier molecular flexibility index (Phi) is 5.90. The molecule has 0 radical (unpaired) electrons. The van der Waals surface area contributed by atoms with Crippen LogP contribution in [-0.4, -0.2) is 32.6 Å². The molecular weight excluding hydrogens is 428 g/mol. The van der Waals surface area contributed by atoms with Gasteiger partial charge in [-0.1, -0.05) is 48.0 Å². The Bertz CT molecular complexity index is 1240. The number of carboxylic acid groups (broad SMARTS) is 1. The number of benzene rings is 3. The molecule has 0 aliphatic carbocycles. The van der Waals surface area contributed by atoms with Gasteiger partial charge in [0.05, 0.1) is 11.3 Å². The molecule has 1 atom stereocenters. The van der Waals surface area contributed by atoms with Crippen LogP contribution < -0.4 is 14.8 Å². The molecule has 1 fully saturated rings. The second-order valence-electron chi connectivity index (χ2n) is 7.93. The highest BCUT2D eigenvalue weighted by Crippen LogP contribution is 2.42. The van der Waals surface area contributed by atoms with E-state index in [4.69, 9.17) is 9.88 Å². The lowest BCUT2D eigenvalue weighted by atomic mass is 9.99. The van der Waals surface area contributed by atoms with Crippen LogP contribution in [0.25, 0.3) is 0 Å². The first kappa shape index (κ1) is 21.9. The molecule has 1 heterocycles. The maximum Gasteiger partial charge on any atom is 0.335 e. The van der Waals surface area contributed by atoms with Crippen LogP contribution in [0.5, 0.6) is 11.5 Å². The molecular formula is C24H24N2O5S. The molecule has 0 saturated carbocycles. The number of primary sulfonamides is 1. The van der Waals surface area contributed by atoms with E-state index >= 15 is 0 Å². The zero-order valence-corrected chi connectivity index (χ0v) is 18.4. The Morgan fingerprint density at radius 1 is 1.09 bits per heavy atom. The molecule has 3 aromatic rings. The Balaban J connectivity index is 1.81. The standard InChI is InChI=1S/C24H24N2O5S/c1-16-7-9-20(10-8-16)31-23-21(13-19(24(27)28)14-22(23)32(25,29)30)26-12-11-18(15-26)17-5-3-2-4-6-17/h2-10,13-14,18H,11-12,15H2,1H3,(H,27,28)(H2,25,29,30). The third-order valence-corrected chi connectivity index (χ3v) is 6.55. The first-order valence-corrected chi connectivity index (χ1v) is 11.8. The van der Waals surface area contributed by atoms with Crippen LogP contribution in [0.1, 0.15) is 33.8 Å². The molecule has 1 unspecified atom stereocenters. The summed E-state index contributed by atoms with van der Waals surface area (Å²) in [6, 6.07) is 19.7. The van der Waals surface area contributed by atoms with E-state index in [9.17, 15) is 18.3 Å². The Labute approximate surface area is 187 Å². The molecule has 0 amide bonds. The number of ether oxygens (including phenoxy) is 1. The highest BCUT2D eigenvalue weighted by atomic mass is 32.2. The number of carboxylic acids is 1. The van der Waals surface area contributed by atoms with Gasteiger partial charge in [-0.3, -0.25) is 0 Å². The van der Waals surface area contributed by atoms with Crippen molar-refractivity contribution < 1.29 is 23.1 Å². The number of aryl methyl sites for hydroxylation is 1. The molecule has 7 nitrogen and oxygen atoms in total. The quantitative estimate of drug-likeness (QED) is 0.582. The lowest BCUT2D eigenvalue weighted by Gasteiger charge is -2.24. The van der Waals surface area contributed by atoms with Crippen LogP contribution in [0, 0.1) is 6.92 Å². The molecule has 1 saturated heterocycles. The van der Waals surface area contributed by atoms with E-state index in [-0.39, 0.29) is 22.1 Å². The molecule has 1 aliphatic heterocycles. The van der Waals surface area contributed by atoms with Crippen molar-refractivity contribution in [1.29, 1.82) is 0 Å². The molecule has 0 bridgehead atoms. The number of carbonyl (C=O) groups is 1. The Hall–Kier alpha value is -3.36. The summed E-state index contributed by atoms with van der Waals surface area (Å²) in [7, 11) is -4.25. The van der Waals surface area contributed by atoms with Crippen LogP contribution in [0.4, 0.5) is 5.69 Å². The summed E-state index contributed by atoms with van der Waals surface area (Å²) in [4.78, 5) is 13.4. The summed E-state index contributed by atoms with van der Waals surface area (Å²) in [6.07, 6.45) is 0.843. The van der Waals surface area contributed by atoms with Crippen LogP contribution in [-0.2, 0) is 10.0 Å². The first-order valence-electron chi connectivity index (χ1n) is 10.2. The summed E-state index contributed by atoms with van der Waals surface area (Å²) in [5.74, 6) is -0.537. The highest BCUT2D eigenvalue weighted by molar-refractivity contribution is 7.89. The summed E-state index contributed by atoms with van der Waals surface area (Å²) < 4.78 is 30.8. The van der Waals surface area contributed by atoms with Gasteiger partial charge in [-0.05, 0) is 43.2 Å². The molecule has 3 N–H and O–H groups in total. The van der Waals surface area contributed by atoms with E-state index in [0.29, 0.717) is 24.5 Å². The molecule has 166 valence electrons. The minimum Gasteiger partial charge on any atom is -0.478 e. The van der Waals surface area contributed by atoms with Gasteiger partial charge in [-0.2, -0.15) is 0 Å². The number of hydrogen-bond acceptors (Lipinski definition) is 5. The number of hydrogen-bond donors (Lipinski definition) is 2. The average Bonchev–Trinajstić information content (AvgIpc) is 3.25. The molecule has 1 aliphatic rings. The zero-order valence-electron chi connectivity index (χ0n) is 17.6. The van der Waals surface area contributed by atoms with Crippen LogP contribution in [0.3, 0.4) is 0 Å². The predicted octanol–water partition coefficient (Wildman–Crippen LogP) is 4.13. The van der Waals surface area contributed by atoms with Crippen molar-refractivity contribution in [3.05, 3.63) is 83.4 Å². The third kappa shape index (κ3) is 4.61. The van der Waals surface area contributed by atoms with E-state index in [1.165, 1.54) is 11.6 Å². The van der Waals surface area contributed by atoms with E-state index in [1.807, 2.05) is 42.2 Å². The van der Waals surface area contributed by atoms with Crippen LogP contribution in [0.15, 0.2) is 71.6 Å². The van der Waals surface area contributed by atoms with Gasteiger partial charge < -0.3 is 14.7 Å². The summed E-state index contributed by atoms with van der Waals surface area (Å²) in [6.45, 7) is 3.15. The van der Waals surface area contributed by atoms with Crippen molar-refractivity contribution >= 4 is 21.7 Å². The van der Waals surface area contributed by atoms with E-state index in [1.54, 1.807) is 12.1 Å². The van der Waals surface area contributed by atoms with Crippen molar-refractivity contribution in [1.82, 2.24) is 0 Å². The normalized spacial score (nSPS) is 16.2. The fraction of sp³-hybridized carbons (Fsp3) is 0.208. The minimum absolute atomic E-state index is 0.0371. The second kappa shape index (κ2) is 8.64. The Morgan fingerprint density at radius 2 is 1.78 bits per heavy atom. The molecule has 0 spiro atoms. The van der Waals surface area contributed by atoms with E-state index < -0.39 is 16.0 Å². The fourth-order valence-electron chi connectivity index (χ4n) is 3.96. The molecule has 4 rings (SSSR count). The largest absolute Gasteiger partial charge is 0.478 e. The smallest absolute Gasteiger partial charge is 0.335 e. The van der Waals surface area contributed by atoms with Crippen molar-refractivity contribution in [3.8, 4) is 11.5 Å². The molecule has 0 aromatic heterocycles. The summed E-state index contributed by atoms with van der Waals surface area (Å²) in [5, 5.41) is 15.1. The lowest BCUT2D eigenvalue weighted by Crippen LogP contribution is -2.22. The number of aromatic carboxylic acids is 1. The van der Waals surface area contributed by atoms with Gasteiger partial charge in [-0.15, -0.1) is 0 Å². The number of sulfonamides is 1. The number of nitrogens with two attached hydrogens (primary N) is 1. The van der Waals surface area contributed by atoms with Crippen LogP contribution >= 0.6 is 0 Å². The fourth-order valence-corrected chi connectivity index (χ4v) is 4.66. The van der Waals surface area contributed by atoms with Gasteiger partial charge in [0, 0.05) is 19.0 Å². The van der Waals surface area contributed by atoms with E-state index in [2.05, 4.69) is 12.1 Å². The van der Waals surface area contributed by atoms with Crippen molar-refractivity contribution in [2.24, 2.45) is 5.14 Å². The van der Waals surface area contributed by atoms with Crippen LogP contribution in [0.2, 0.25) is 0 Å². The summed E-state index contributed by atoms with van der Waals surface area (Å²) in [5.41, 5.74) is 2.43. The number of anilines is 1. The topological polar surface area (TPSA) is 110 Å². The highest BCUT2D eigenvalue weighted by Gasteiger charge is 2.30. The van der Waals surface area contributed by atoms with Crippen molar-refractivity contribution in [2.75, 3.05) is 18.0 Å². The maximum absolute atomic E-state index is 12.4. The van der Waals surface area contributed by atoms with Crippen molar-refractivity contribution in [3.63, 3.8) is 0 Å². The lowest BCUT2D eigenvalue weighted by molar-refractivity contribution is 0.0696. The summed E-state index contributed by atoms with van der Waals surface area (Å²) >= 11 is 0. The van der Waals surface area contributed by atoms with Gasteiger partial charge in [0.2, 0.25) is 10.0 Å².